The number of fused-ring (bicyclic) bond motifs is 1. The summed E-state index contributed by atoms with van der Waals surface area (Å²) in [5.41, 5.74) is 1.13. The fraction of sp³-hybridized carbons (Fsp3) is 0.462. The molecule has 2 atom stereocenters. The van der Waals surface area contributed by atoms with Crippen LogP contribution < -0.4 is 4.74 Å². The first-order valence-electron chi connectivity index (χ1n) is 5.95. The minimum atomic E-state index is 0.171. The molecule has 0 radical (unpaired) electrons. The first kappa shape index (κ1) is 11.0. The molecule has 2 aliphatic heterocycles. The van der Waals surface area contributed by atoms with Crippen molar-refractivity contribution in [3.8, 4) is 5.75 Å². The number of carbonyl (C=O) groups is 1. The van der Waals surface area contributed by atoms with E-state index in [2.05, 4.69) is 18.7 Å². The van der Waals surface area contributed by atoms with Crippen molar-refractivity contribution < 1.29 is 9.53 Å². The van der Waals surface area contributed by atoms with Crippen molar-refractivity contribution >= 4 is 18.5 Å². The number of hydrogen-bond acceptors (Lipinski definition) is 3. The maximum atomic E-state index is 11.9. The van der Waals surface area contributed by atoms with Crippen molar-refractivity contribution in [2.24, 2.45) is 0 Å². The van der Waals surface area contributed by atoms with Gasteiger partial charge in [-0.15, -0.1) is 0 Å². The van der Waals surface area contributed by atoms with Crippen LogP contribution in [-0.4, -0.2) is 29.2 Å². The van der Waals surface area contributed by atoms with Gasteiger partial charge in [0.05, 0.1) is 12.6 Å². The van der Waals surface area contributed by atoms with E-state index in [0.29, 0.717) is 13.0 Å². The lowest BCUT2D eigenvalue weighted by atomic mass is 9.99. The molecule has 17 heavy (non-hydrogen) atoms. The Balaban J connectivity index is 1.93. The summed E-state index contributed by atoms with van der Waals surface area (Å²) in [6, 6.07) is 8.16. The highest BCUT2D eigenvalue weighted by Gasteiger charge is 2.35. The molecule has 90 valence electrons. The Bertz CT molecular complexity index is 449. The zero-order chi connectivity index (χ0) is 11.8. The second-order valence-electron chi connectivity index (χ2n) is 4.59. The van der Waals surface area contributed by atoms with Crippen LogP contribution >= 0.6 is 12.6 Å². The molecule has 3 rings (SSSR count). The quantitative estimate of drug-likeness (QED) is 0.772. The number of amides is 1. The Morgan fingerprint density at radius 1 is 1.35 bits per heavy atom. The molecule has 0 bridgehead atoms. The third-order valence-corrected chi connectivity index (χ3v) is 3.79. The molecule has 2 unspecified atom stereocenters. The molecule has 0 spiro atoms. The second kappa shape index (κ2) is 4.26. The molecule has 2 heterocycles. The van der Waals surface area contributed by atoms with Crippen LogP contribution in [0.25, 0.3) is 0 Å². The van der Waals surface area contributed by atoms with E-state index in [1.807, 2.05) is 23.1 Å². The summed E-state index contributed by atoms with van der Waals surface area (Å²) in [6.07, 6.45) is 1.44. The average Bonchev–Trinajstić information content (AvgIpc) is 2.68. The van der Waals surface area contributed by atoms with Crippen molar-refractivity contribution in [2.45, 2.75) is 24.1 Å². The molecule has 3 nitrogen and oxygen atoms in total. The van der Waals surface area contributed by atoms with Crippen LogP contribution in [0.5, 0.6) is 5.75 Å². The van der Waals surface area contributed by atoms with Gasteiger partial charge in [0.25, 0.3) is 0 Å². The number of para-hydroxylation sites is 1. The summed E-state index contributed by atoms with van der Waals surface area (Å²) >= 11 is 4.41. The molecule has 1 fully saturated rings. The van der Waals surface area contributed by atoms with Crippen molar-refractivity contribution in [3.05, 3.63) is 29.8 Å². The van der Waals surface area contributed by atoms with Crippen LogP contribution in [0.4, 0.5) is 0 Å². The molecular formula is C13H15NO2S. The summed E-state index contributed by atoms with van der Waals surface area (Å²) in [5, 5.41) is 0.178. The minimum Gasteiger partial charge on any atom is -0.493 e. The number of thiol groups is 1. The molecule has 0 aromatic heterocycles. The third-order valence-electron chi connectivity index (χ3n) is 3.44. The summed E-state index contributed by atoms with van der Waals surface area (Å²) in [7, 11) is 0. The van der Waals surface area contributed by atoms with Gasteiger partial charge in [0, 0.05) is 30.2 Å². The average molecular weight is 249 g/mol. The largest absolute Gasteiger partial charge is 0.493 e. The molecule has 0 saturated carbocycles. The van der Waals surface area contributed by atoms with Gasteiger partial charge in [0.2, 0.25) is 5.91 Å². The molecule has 1 saturated heterocycles. The number of benzene rings is 1. The molecule has 2 aliphatic rings. The Morgan fingerprint density at radius 2 is 2.18 bits per heavy atom. The van der Waals surface area contributed by atoms with Crippen LogP contribution in [0.2, 0.25) is 0 Å². The molecule has 1 amide bonds. The van der Waals surface area contributed by atoms with E-state index in [1.54, 1.807) is 0 Å². The Kier molecular flexibility index (Phi) is 2.74. The highest BCUT2D eigenvalue weighted by atomic mass is 32.1. The Morgan fingerprint density at radius 3 is 2.94 bits per heavy atom. The highest BCUT2D eigenvalue weighted by Crippen LogP contribution is 2.38. The van der Waals surface area contributed by atoms with Gasteiger partial charge in [0.15, 0.2) is 0 Å². The lowest BCUT2D eigenvalue weighted by molar-refractivity contribution is -0.130. The van der Waals surface area contributed by atoms with Gasteiger partial charge < -0.3 is 9.64 Å². The zero-order valence-corrected chi connectivity index (χ0v) is 10.4. The molecule has 1 aromatic carbocycles. The topological polar surface area (TPSA) is 29.5 Å². The Labute approximate surface area is 106 Å². The maximum Gasteiger partial charge on any atom is 0.224 e. The van der Waals surface area contributed by atoms with Gasteiger partial charge >= 0.3 is 0 Å². The van der Waals surface area contributed by atoms with Crippen LogP contribution in [0, 0.1) is 0 Å². The predicted octanol–water partition coefficient (Wildman–Crippen LogP) is 2.04. The lowest BCUT2D eigenvalue weighted by Crippen LogP contribution is -2.33. The van der Waals surface area contributed by atoms with Crippen LogP contribution in [-0.2, 0) is 4.79 Å². The van der Waals surface area contributed by atoms with E-state index >= 15 is 0 Å². The number of hydrogen-bond donors (Lipinski definition) is 1. The summed E-state index contributed by atoms with van der Waals surface area (Å²) in [5.74, 6) is 1.13. The van der Waals surface area contributed by atoms with E-state index in [4.69, 9.17) is 4.74 Å². The number of nitrogens with zero attached hydrogens (tertiary/aromatic N) is 1. The van der Waals surface area contributed by atoms with E-state index in [-0.39, 0.29) is 17.2 Å². The lowest BCUT2D eigenvalue weighted by Gasteiger charge is -2.33. The standard InChI is InChI=1S/C13H15NO2S/c15-13-7-9(17)8-14(13)11-5-6-16-12-4-2-1-3-10(11)12/h1-4,9,11,17H,5-8H2. The normalized spacial score (nSPS) is 27.8. The van der Waals surface area contributed by atoms with Gasteiger partial charge in [-0.05, 0) is 6.07 Å². The van der Waals surface area contributed by atoms with Crippen molar-refractivity contribution in [2.75, 3.05) is 13.2 Å². The van der Waals surface area contributed by atoms with Gasteiger partial charge in [-0.3, -0.25) is 4.79 Å². The SMILES string of the molecule is O=C1CC(S)CN1C1CCOc2ccccc21. The number of ether oxygens (including phenoxy) is 1. The van der Waals surface area contributed by atoms with Crippen LogP contribution in [0.1, 0.15) is 24.4 Å². The molecule has 1 aromatic rings. The number of likely N-dealkylation sites (tertiary alicyclic amines) is 1. The van der Waals surface area contributed by atoms with E-state index in [0.717, 1.165) is 24.3 Å². The minimum absolute atomic E-state index is 0.171. The molecule has 0 aliphatic carbocycles. The number of rotatable bonds is 1. The van der Waals surface area contributed by atoms with Gasteiger partial charge in [-0.25, -0.2) is 0 Å². The predicted molar refractivity (Wildman–Crippen MR) is 68.4 cm³/mol. The van der Waals surface area contributed by atoms with Crippen molar-refractivity contribution in [1.29, 1.82) is 0 Å². The third kappa shape index (κ3) is 1.90. The van der Waals surface area contributed by atoms with Gasteiger partial charge in [0.1, 0.15) is 5.75 Å². The molecule has 0 N–H and O–H groups in total. The van der Waals surface area contributed by atoms with Crippen molar-refractivity contribution in [3.63, 3.8) is 0 Å². The van der Waals surface area contributed by atoms with E-state index in [9.17, 15) is 4.79 Å². The Hall–Kier alpha value is -1.16. The smallest absolute Gasteiger partial charge is 0.224 e. The fourth-order valence-corrected chi connectivity index (χ4v) is 2.99. The number of carbonyl (C=O) groups excluding carboxylic acids is 1. The first-order chi connectivity index (χ1) is 8.25. The monoisotopic (exact) mass is 249 g/mol. The maximum absolute atomic E-state index is 11.9. The fourth-order valence-electron chi connectivity index (χ4n) is 2.66. The summed E-state index contributed by atoms with van der Waals surface area (Å²) in [4.78, 5) is 13.9. The van der Waals surface area contributed by atoms with Gasteiger partial charge in [-0.2, -0.15) is 12.6 Å². The summed E-state index contributed by atoms with van der Waals surface area (Å²) in [6.45, 7) is 1.43. The highest BCUT2D eigenvalue weighted by molar-refractivity contribution is 7.81. The van der Waals surface area contributed by atoms with Crippen LogP contribution in [0.15, 0.2) is 24.3 Å². The van der Waals surface area contributed by atoms with Crippen LogP contribution in [0.3, 0.4) is 0 Å². The van der Waals surface area contributed by atoms with Gasteiger partial charge in [-0.1, -0.05) is 18.2 Å². The zero-order valence-electron chi connectivity index (χ0n) is 9.50. The summed E-state index contributed by atoms with van der Waals surface area (Å²) < 4.78 is 5.62. The van der Waals surface area contributed by atoms with E-state index < -0.39 is 0 Å². The van der Waals surface area contributed by atoms with Crippen molar-refractivity contribution in [1.82, 2.24) is 4.90 Å². The second-order valence-corrected chi connectivity index (χ2v) is 5.33. The van der Waals surface area contributed by atoms with E-state index in [1.165, 1.54) is 0 Å². The molecular weight excluding hydrogens is 234 g/mol. The molecule has 4 heteroatoms. The first-order valence-corrected chi connectivity index (χ1v) is 6.46.